The number of rotatable bonds is 18. The molecule has 0 atom stereocenters. The Kier molecular flexibility index (Phi) is 20.9. The average molecular weight is 1680 g/mol. The Hall–Kier alpha value is -18.5. The predicted octanol–water partition coefficient (Wildman–Crippen LogP) is 29.3. The Morgan fingerprint density at radius 2 is 0.394 bits per heavy atom. The third kappa shape index (κ3) is 15.6. The van der Waals surface area contributed by atoms with E-state index in [1.807, 2.05) is 194 Å². The van der Waals surface area contributed by atoms with Gasteiger partial charge >= 0.3 is 0 Å². The van der Waals surface area contributed by atoms with Crippen molar-refractivity contribution < 1.29 is 0 Å². The van der Waals surface area contributed by atoms with E-state index in [0.29, 0.717) is 69.1 Å². The Bertz CT molecular complexity index is 8270. The molecular formula is C120H72N12. The lowest BCUT2D eigenvalue weighted by Gasteiger charge is -2.19. The van der Waals surface area contributed by atoms with Gasteiger partial charge < -0.3 is 0 Å². The van der Waals surface area contributed by atoms with Crippen molar-refractivity contribution in [3.05, 3.63) is 453 Å². The van der Waals surface area contributed by atoms with Crippen LogP contribution in [0.2, 0.25) is 0 Å². The molecule has 12 nitrogen and oxygen atoms in total. The minimum atomic E-state index is 0.502. The maximum atomic E-state index is 10.2. The number of fused-ring (bicyclic) bond motifs is 3. The number of benzene rings is 19. The van der Waals surface area contributed by atoms with E-state index in [0.717, 1.165) is 183 Å². The summed E-state index contributed by atoms with van der Waals surface area (Å²) in [6.45, 7) is 0. The topological polar surface area (TPSA) is 187 Å². The van der Waals surface area contributed by atoms with E-state index in [4.69, 9.17) is 44.9 Å². The van der Waals surface area contributed by atoms with Gasteiger partial charge in [-0.05, 0) is 187 Å². The van der Waals surface area contributed by atoms with Gasteiger partial charge in [-0.25, -0.2) is 44.9 Å². The van der Waals surface area contributed by atoms with Crippen molar-refractivity contribution in [2.75, 3.05) is 0 Å². The van der Waals surface area contributed by atoms with E-state index in [1.54, 1.807) is 0 Å². The number of hydrogen-bond acceptors (Lipinski definition) is 12. The molecule has 0 aliphatic carbocycles. The molecule has 0 spiro atoms. The summed E-state index contributed by atoms with van der Waals surface area (Å²) in [5, 5.41) is 36.0. The SMILES string of the molecule is N#Cc1ccc(-c2ccc(-c3ccc4ccccc4c3-c3ccc(-c4nc(-c5ccccc5)nc(-c5cccc(-c6cc(-c7ccc(C#N)cc7)c(-c7cccc(-c8nc(-c9ccccc9)nc(-c9ccc(-c%10cccc%11c(-c%12ccc(-c%13nc(-c%14ccccc%14)nc(-c%14ccccc%14)n%13)cc%12)c(-c%12ccc(C#N)cc%12)ccc%10%11)cc9)n8)c7)c7ccccc67)c5)n4)cc3)cc2)cc1. The van der Waals surface area contributed by atoms with Crippen molar-refractivity contribution in [3.8, 4) is 221 Å². The molecule has 22 rings (SSSR count). The van der Waals surface area contributed by atoms with Crippen molar-refractivity contribution in [3.63, 3.8) is 0 Å². The Balaban J connectivity index is 0.607. The number of aromatic nitrogens is 9. The van der Waals surface area contributed by atoms with E-state index in [-0.39, 0.29) is 0 Å². The normalized spacial score (nSPS) is 11.2. The van der Waals surface area contributed by atoms with Crippen LogP contribution in [-0.2, 0) is 0 Å². The van der Waals surface area contributed by atoms with Crippen LogP contribution in [0.15, 0.2) is 437 Å². The lowest BCUT2D eigenvalue weighted by molar-refractivity contribution is 1.07. The molecule has 0 saturated carbocycles. The molecular weight excluding hydrogens is 1610 g/mol. The molecule has 12 heteroatoms. The summed E-state index contributed by atoms with van der Waals surface area (Å²) >= 11 is 0. The van der Waals surface area contributed by atoms with Gasteiger partial charge in [-0.1, -0.05) is 382 Å². The average Bonchev–Trinajstić information content (AvgIpc) is 0.771. The summed E-state index contributed by atoms with van der Waals surface area (Å²) in [5.41, 5.74) is 27.7. The summed E-state index contributed by atoms with van der Waals surface area (Å²) in [6, 6.07) is 156. The summed E-state index contributed by atoms with van der Waals surface area (Å²) in [7, 11) is 0. The summed E-state index contributed by atoms with van der Waals surface area (Å²) in [4.78, 5) is 46.8. The minimum absolute atomic E-state index is 0.502. The summed E-state index contributed by atoms with van der Waals surface area (Å²) in [6.07, 6.45) is 0. The van der Waals surface area contributed by atoms with E-state index < -0.39 is 0 Å². The zero-order chi connectivity index (χ0) is 88.4. The van der Waals surface area contributed by atoms with E-state index in [2.05, 4.69) is 261 Å². The molecule has 612 valence electrons. The second-order valence-electron chi connectivity index (χ2n) is 32.4. The van der Waals surface area contributed by atoms with Crippen LogP contribution >= 0.6 is 0 Å². The van der Waals surface area contributed by atoms with Gasteiger partial charge in [-0.2, -0.15) is 15.8 Å². The fourth-order valence-electron chi connectivity index (χ4n) is 17.8. The van der Waals surface area contributed by atoms with Gasteiger partial charge in [0, 0.05) is 50.1 Å². The summed E-state index contributed by atoms with van der Waals surface area (Å²) in [5.74, 6) is 4.89. The second kappa shape index (κ2) is 34.8. The first-order valence-electron chi connectivity index (χ1n) is 43.5. The molecule has 0 N–H and O–H groups in total. The Labute approximate surface area is 762 Å². The maximum absolute atomic E-state index is 10.2. The molecule has 132 heavy (non-hydrogen) atoms. The first-order chi connectivity index (χ1) is 65.2. The highest BCUT2D eigenvalue weighted by Crippen LogP contribution is 2.48. The molecule has 0 unspecified atom stereocenters. The molecule has 3 aromatic heterocycles. The Morgan fingerprint density at radius 1 is 0.136 bits per heavy atom. The minimum Gasteiger partial charge on any atom is -0.208 e. The van der Waals surface area contributed by atoms with E-state index >= 15 is 0 Å². The highest BCUT2D eigenvalue weighted by atomic mass is 15.1. The largest absolute Gasteiger partial charge is 0.208 e. The zero-order valence-corrected chi connectivity index (χ0v) is 70.9. The van der Waals surface area contributed by atoms with E-state index in [9.17, 15) is 15.8 Å². The monoisotopic (exact) mass is 1680 g/mol. The van der Waals surface area contributed by atoms with Gasteiger partial charge in [0.15, 0.2) is 52.4 Å². The van der Waals surface area contributed by atoms with Crippen LogP contribution in [0.5, 0.6) is 0 Å². The third-order valence-corrected chi connectivity index (χ3v) is 24.4. The van der Waals surface area contributed by atoms with Crippen molar-refractivity contribution in [1.82, 2.24) is 44.9 Å². The lowest BCUT2D eigenvalue weighted by atomic mass is 9.85. The molecule has 0 aliphatic rings. The van der Waals surface area contributed by atoms with Crippen molar-refractivity contribution in [1.29, 1.82) is 15.8 Å². The quantitative estimate of drug-likeness (QED) is 0.0792. The molecule has 0 fully saturated rings. The molecule has 0 bridgehead atoms. The van der Waals surface area contributed by atoms with Crippen LogP contribution in [0.4, 0.5) is 0 Å². The van der Waals surface area contributed by atoms with Crippen LogP contribution in [0.25, 0.3) is 235 Å². The van der Waals surface area contributed by atoms with Gasteiger partial charge in [-0.15, -0.1) is 0 Å². The van der Waals surface area contributed by atoms with Crippen LogP contribution in [-0.4, -0.2) is 44.9 Å². The molecule has 0 amide bonds. The molecule has 0 radical (unpaired) electrons. The molecule has 0 aliphatic heterocycles. The fraction of sp³-hybridized carbons (Fsp3) is 0. The lowest BCUT2D eigenvalue weighted by Crippen LogP contribution is -2.00. The van der Waals surface area contributed by atoms with Crippen LogP contribution in [0, 0.1) is 34.0 Å². The first-order valence-corrected chi connectivity index (χ1v) is 43.5. The second-order valence-corrected chi connectivity index (χ2v) is 32.4. The van der Waals surface area contributed by atoms with Crippen molar-refractivity contribution in [2.45, 2.75) is 0 Å². The Morgan fingerprint density at radius 3 is 0.818 bits per heavy atom. The fourth-order valence-corrected chi connectivity index (χ4v) is 17.8. The zero-order valence-electron chi connectivity index (χ0n) is 70.9. The van der Waals surface area contributed by atoms with Gasteiger partial charge in [0.25, 0.3) is 0 Å². The standard InChI is InChI=1S/C120H72N12/c121-73-76-38-44-79(45-39-76)80-50-52-84(53-51-80)101-67-66-81-20-13-14-33-100(81)109(101)86-56-62-94(63-57-86)118-128-114(90-25-9-3-10-26-90)129-119(131-118)97-31-17-29-95(70-97)107-72-108(85-48-42-78(75-123)43-49-85)111(105-35-16-15-34-103(105)107)96-30-18-32-98(71-96)120-130-115(91-27-11-4-12-28-91)127-117(132-120)92-60-54-82(55-61-92)99-36-19-37-106-104(99)69-68-102(83-46-40-77(74-122)41-47-83)110(106)87-58-64-93(65-59-87)116-125-112(88-21-5-1-6-22-88)124-113(126-116)89-23-7-2-8-24-89/h1-72H. The highest BCUT2D eigenvalue weighted by Gasteiger charge is 2.25. The van der Waals surface area contributed by atoms with Crippen LogP contribution in [0.1, 0.15) is 16.7 Å². The number of nitrogens with zero attached hydrogens (tertiary/aromatic N) is 12. The summed E-state index contributed by atoms with van der Waals surface area (Å²) < 4.78 is 0. The van der Waals surface area contributed by atoms with Crippen molar-refractivity contribution in [2.24, 2.45) is 0 Å². The highest BCUT2D eigenvalue weighted by molar-refractivity contribution is 6.13. The van der Waals surface area contributed by atoms with Crippen LogP contribution < -0.4 is 0 Å². The van der Waals surface area contributed by atoms with E-state index in [1.165, 1.54) is 0 Å². The van der Waals surface area contributed by atoms with Gasteiger partial charge in [-0.3, -0.25) is 0 Å². The number of nitriles is 3. The number of hydrogen-bond donors (Lipinski definition) is 0. The first kappa shape index (κ1) is 79.4. The smallest absolute Gasteiger partial charge is 0.164 e. The maximum Gasteiger partial charge on any atom is 0.164 e. The third-order valence-electron chi connectivity index (χ3n) is 24.4. The van der Waals surface area contributed by atoms with Gasteiger partial charge in [0.2, 0.25) is 0 Å². The van der Waals surface area contributed by atoms with Gasteiger partial charge in [0.05, 0.1) is 34.9 Å². The molecule has 19 aromatic carbocycles. The molecule has 3 heterocycles. The molecule has 22 aromatic rings. The van der Waals surface area contributed by atoms with Crippen LogP contribution in [0.3, 0.4) is 0 Å². The molecule has 0 saturated heterocycles. The van der Waals surface area contributed by atoms with Gasteiger partial charge in [0.1, 0.15) is 0 Å². The van der Waals surface area contributed by atoms with Crippen molar-refractivity contribution >= 4 is 32.3 Å². The predicted molar refractivity (Wildman–Crippen MR) is 531 cm³/mol.